The summed E-state index contributed by atoms with van der Waals surface area (Å²) < 4.78 is 0. The summed E-state index contributed by atoms with van der Waals surface area (Å²) in [6, 6.07) is -0.452. The van der Waals surface area contributed by atoms with Crippen molar-refractivity contribution < 1.29 is 19.5 Å². The number of piperidine rings is 1. The van der Waals surface area contributed by atoms with Crippen LogP contribution in [0.1, 0.15) is 33.1 Å². The minimum absolute atomic E-state index is 0.164. The van der Waals surface area contributed by atoms with Crippen LogP contribution >= 0.6 is 0 Å². The minimum atomic E-state index is -0.929. The first-order chi connectivity index (χ1) is 9.32. The molecule has 3 atom stereocenters. The summed E-state index contributed by atoms with van der Waals surface area (Å²) in [5.74, 6) is -2.42. The van der Waals surface area contributed by atoms with Crippen LogP contribution in [0, 0.1) is 17.3 Å². The van der Waals surface area contributed by atoms with Crippen molar-refractivity contribution in [2.75, 3.05) is 13.6 Å². The van der Waals surface area contributed by atoms with Gasteiger partial charge in [-0.25, -0.2) is 0 Å². The maximum atomic E-state index is 12.6. The zero-order valence-corrected chi connectivity index (χ0v) is 12.2. The normalized spacial score (nSPS) is 31.6. The number of hydrogen-bond donors (Lipinski definition) is 2. The number of aliphatic carboxylic acids is 1. The highest BCUT2D eigenvalue weighted by molar-refractivity contribution is 5.94. The number of carbonyl (C=O) groups excluding carboxylic acids is 2. The zero-order valence-electron chi connectivity index (χ0n) is 12.2. The molecular weight excluding hydrogens is 260 g/mol. The van der Waals surface area contributed by atoms with Gasteiger partial charge >= 0.3 is 5.97 Å². The molecule has 1 saturated heterocycles. The van der Waals surface area contributed by atoms with Crippen LogP contribution in [0.5, 0.6) is 0 Å². The van der Waals surface area contributed by atoms with E-state index in [1.807, 2.05) is 0 Å². The molecule has 1 aliphatic carbocycles. The van der Waals surface area contributed by atoms with Crippen molar-refractivity contribution in [2.45, 2.75) is 39.2 Å². The molecule has 0 radical (unpaired) electrons. The topological polar surface area (TPSA) is 86.7 Å². The van der Waals surface area contributed by atoms with Gasteiger partial charge in [-0.3, -0.25) is 14.4 Å². The molecule has 1 unspecified atom stereocenters. The summed E-state index contributed by atoms with van der Waals surface area (Å²) >= 11 is 0. The minimum Gasteiger partial charge on any atom is -0.481 e. The fourth-order valence-corrected chi connectivity index (χ4v) is 3.37. The van der Waals surface area contributed by atoms with E-state index in [9.17, 15) is 19.5 Å². The van der Waals surface area contributed by atoms with E-state index in [0.717, 1.165) is 12.8 Å². The van der Waals surface area contributed by atoms with Crippen LogP contribution in [-0.2, 0) is 14.4 Å². The maximum absolute atomic E-state index is 12.6. The number of likely N-dealkylation sites (tertiary alicyclic amines) is 1. The van der Waals surface area contributed by atoms with Crippen LogP contribution in [0.4, 0.5) is 0 Å². The fourth-order valence-electron chi connectivity index (χ4n) is 3.37. The second-order valence-electron chi connectivity index (χ2n) is 6.27. The van der Waals surface area contributed by atoms with Crippen LogP contribution in [0.2, 0.25) is 0 Å². The summed E-state index contributed by atoms with van der Waals surface area (Å²) in [5, 5.41) is 11.8. The van der Waals surface area contributed by atoms with Crippen molar-refractivity contribution in [2.24, 2.45) is 17.3 Å². The molecule has 2 aliphatic rings. The predicted molar refractivity (Wildman–Crippen MR) is 71.8 cm³/mol. The molecule has 1 aliphatic heterocycles. The van der Waals surface area contributed by atoms with E-state index in [4.69, 9.17) is 0 Å². The number of likely N-dealkylation sites (N-methyl/N-ethyl adjacent to an activating group) is 1. The lowest BCUT2D eigenvalue weighted by atomic mass is 9.99. The lowest BCUT2D eigenvalue weighted by molar-refractivity contribution is -0.145. The van der Waals surface area contributed by atoms with Gasteiger partial charge in [-0.05, 0) is 24.7 Å². The van der Waals surface area contributed by atoms with Crippen LogP contribution in [-0.4, -0.2) is 47.4 Å². The lowest BCUT2D eigenvalue weighted by Gasteiger charge is -2.35. The van der Waals surface area contributed by atoms with Crippen LogP contribution in [0.3, 0.4) is 0 Å². The summed E-state index contributed by atoms with van der Waals surface area (Å²) in [6.07, 6.45) is 2.43. The van der Waals surface area contributed by atoms with Gasteiger partial charge in [0.15, 0.2) is 0 Å². The van der Waals surface area contributed by atoms with Crippen molar-refractivity contribution in [1.29, 1.82) is 0 Å². The highest BCUT2D eigenvalue weighted by Crippen LogP contribution is 2.59. The van der Waals surface area contributed by atoms with Gasteiger partial charge in [-0.15, -0.1) is 0 Å². The molecule has 2 amide bonds. The van der Waals surface area contributed by atoms with Crippen molar-refractivity contribution in [3.63, 3.8) is 0 Å². The highest BCUT2D eigenvalue weighted by atomic mass is 16.4. The Kier molecular flexibility index (Phi) is 3.75. The summed E-state index contributed by atoms with van der Waals surface area (Å²) in [4.78, 5) is 37.3. The average molecular weight is 282 g/mol. The Labute approximate surface area is 118 Å². The van der Waals surface area contributed by atoms with E-state index in [1.54, 1.807) is 25.8 Å². The first kappa shape index (κ1) is 14.8. The Hall–Kier alpha value is -1.59. The summed E-state index contributed by atoms with van der Waals surface area (Å²) in [6.45, 7) is 4.14. The molecule has 0 aromatic rings. The summed E-state index contributed by atoms with van der Waals surface area (Å²) in [7, 11) is 1.56. The standard InChI is InChI=1S/C14H22N2O4/c1-14(2)9(10(14)13(19)20)12(18)16-7-5-4-6-8(16)11(17)15-3/h8-10H,4-7H2,1-3H3,(H,15,17)(H,19,20)/t8?,9-,10+/m1/s1. The van der Waals surface area contributed by atoms with Gasteiger partial charge in [-0.1, -0.05) is 13.8 Å². The van der Waals surface area contributed by atoms with Crippen LogP contribution in [0.15, 0.2) is 0 Å². The molecule has 6 heteroatoms. The molecule has 20 heavy (non-hydrogen) atoms. The number of nitrogens with one attached hydrogen (secondary N) is 1. The Bertz CT molecular complexity index is 446. The second kappa shape index (κ2) is 5.07. The van der Waals surface area contributed by atoms with E-state index in [1.165, 1.54) is 0 Å². The molecule has 1 saturated carbocycles. The fraction of sp³-hybridized carbons (Fsp3) is 0.786. The summed E-state index contributed by atoms with van der Waals surface area (Å²) in [5.41, 5.74) is -0.520. The molecule has 2 N–H and O–H groups in total. The Morgan fingerprint density at radius 1 is 1.20 bits per heavy atom. The molecule has 0 aromatic heterocycles. The number of carboxylic acids is 1. The third-order valence-electron chi connectivity index (χ3n) is 4.69. The number of amides is 2. The van der Waals surface area contributed by atoms with Gasteiger partial charge in [0.2, 0.25) is 11.8 Å². The molecule has 1 heterocycles. The molecule has 2 rings (SSSR count). The molecule has 0 bridgehead atoms. The highest BCUT2D eigenvalue weighted by Gasteiger charge is 2.67. The Morgan fingerprint density at radius 3 is 2.35 bits per heavy atom. The first-order valence-corrected chi connectivity index (χ1v) is 7.07. The third kappa shape index (κ3) is 2.27. The van der Waals surface area contributed by atoms with Gasteiger partial charge in [0, 0.05) is 13.6 Å². The van der Waals surface area contributed by atoms with E-state index in [2.05, 4.69) is 5.32 Å². The zero-order chi connectivity index (χ0) is 15.1. The Balaban J connectivity index is 2.15. The van der Waals surface area contributed by atoms with Crippen LogP contribution < -0.4 is 5.32 Å². The quantitative estimate of drug-likeness (QED) is 0.788. The first-order valence-electron chi connectivity index (χ1n) is 7.07. The SMILES string of the molecule is CNC(=O)C1CCCCN1C(=O)[C@H]1[C@@H](C(=O)O)C1(C)C. The van der Waals surface area contributed by atoms with Gasteiger partial charge in [0.1, 0.15) is 6.04 Å². The van der Waals surface area contributed by atoms with Crippen molar-refractivity contribution >= 4 is 17.8 Å². The maximum Gasteiger partial charge on any atom is 0.307 e. The largest absolute Gasteiger partial charge is 0.481 e. The van der Waals surface area contributed by atoms with E-state index in [-0.39, 0.29) is 11.8 Å². The predicted octanol–water partition coefficient (Wildman–Crippen LogP) is 0.470. The number of nitrogens with zero attached hydrogens (tertiary/aromatic N) is 1. The molecule has 0 spiro atoms. The van der Waals surface area contributed by atoms with Crippen molar-refractivity contribution in [3.8, 4) is 0 Å². The number of hydrogen-bond acceptors (Lipinski definition) is 3. The molecule has 0 aromatic carbocycles. The smallest absolute Gasteiger partial charge is 0.307 e. The molecule has 6 nitrogen and oxygen atoms in total. The third-order valence-corrected chi connectivity index (χ3v) is 4.69. The average Bonchev–Trinajstić information content (AvgIpc) is 3.00. The van der Waals surface area contributed by atoms with E-state index >= 15 is 0 Å². The van der Waals surface area contributed by atoms with E-state index in [0.29, 0.717) is 13.0 Å². The van der Waals surface area contributed by atoms with Crippen molar-refractivity contribution in [1.82, 2.24) is 10.2 Å². The number of carboxylic acid groups (broad SMARTS) is 1. The number of rotatable bonds is 3. The molecule has 112 valence electrons. The molecular formula is C14H22N2O4. The van der Waals surface area contributed by atoms with Gasteiger partial charge < -0.3 is 15.3 Å². The lowest BCUT2D eigenvalue weighted by Crippen LogP contribution is -2.52. The van der Waals surface area contributed by atoms with Gasteiger partial charge in [-0.2, -0.15) is 0 Å². The van der Waals surface area contributed by atoms with Gasteiger partial charge in [0.05, 0.1) is 11.8 Å². The molecule has 2 fully saturated rings. The second-order valence-corrected chi connectivity index (χ2v) is 6.27. The van der Waals surface area contributed by atoms with E-state index < -0.39 is 29.3 Å². The van der Waals surface area contributed by atoms with Crippen LogP contribution in [0.25, 0.3) is 0 Å². The Morgan fingerprint density at radius 2 is 1.85 bits per heavy atom. The monoisotopic (exact) mass is 282 g/mol. The van der Waals surface area contributed by atoms with Gasteiger partial charge in [0.25, 0.3) is 0 Å². The van der Waals surface area contributed by atoms with Crippen molar-refractivity contribution in [3.05, 3.63) is 0 Å². The number of carbonyl (C=O) groups is 3.